The Balaban J connectivity index is 2.65. The van der Waals surface area contributed by atoms with Gasteiger partial charge in [0.05, 0.1) is 13.7 Å². The highest BCUT2D eigenvalue weighted by Gasteiger charge is 2.42. The second kappa shape index (κ2) is 7.45. The smallest absolute Gasteiger partial charge is 0.321 e. The average molecular weight is 363 g/mol. The van der Waals surface area contributed by atoms with E-state index in [1.54, 1.807) is 7.11 Å². The van der Waals surface area contributed by atoms with Gasteiger partial charge in [-0.25, -0.2) is 0 Å². The van der Waals surface area contributed by atoms with Crippen LogP contribution in [0.4, 0.5) is 0 Å². The predicted molar refractivity (Wildman–Crippen MR) is 90.6 cm³/mol. The van der Waals surface area contributed by atoms with Crippen LogP contribution in [0.2, 0.25) is 0 Å². The van der Waals surface area contributed by atoms with Gasteiger partial charge in [0.1, 0.15) is 11.2 Å². The molecule has 0 aliphatic heterocycles. The summed E-state index contributed by atoms with van der Waals surface area (Å²) in [6.07, 6.45) is 0. The van der Waals surface area contributed by atoms with E-state index in [4.69, 9.17) is 9.47 Å². The van der Waals surface area contributed by atoms with Crippen LogP contribution in [-0.4, -0.2) is 25.0 Å². The molecule has 2 aromatic carbocycles. The van der Waals surface area contributed by atoms with E-state index in [1.807, 2.05) is 61.5 Å². The minimum Gasteiger partial charge on any atom is -0.497 e. The first kappa shape index (κ1) is 16.6. The molecule has 0 amide bonds. The number of benzene rings is 2. The van der Waals surface area contributed by atoms with Crippen LogP contribution in [0.15, 0.2) is 54.6 Å². The molecule has 0 heterocycles. The first-order chi connectivity index (χ1) is 10.7. The molecule has 0 aliphatic rings. The molecule has 4 heteroatoms. The van der Waals surface area contributed by atoms with Gasteiger partial charge >= 0.3 is 5.97 Å². The Kier molecular flexibility index (Phi) is 5.61. The molecule has 22 heavy (non-hydrogen) atoms. The van der Waals surface area contributed by atoms with Gasteiger partial charge in [-0.1, -0.05) is 58.4 Å². The van der Waals surface area contributed by atoms with Crippen molar-refractivity contribution in [2.45, 2.75) is 12.3 Å². The van der Waals surface area contributed by atoms with Crippen molar-refractivity contribution >= 4 is 21.9 Å². The van der Waals surface area contributed by atoms with Crippen molar-refractivity contribution in [1.29, 1.82) is 0 Å². The number of carbonyl (C=O) groups is 1. The summed E-state index contributed by atoms with van der Waals surface area (Å²) in [5.74, 6) is 0.439. The number of methoxy groups -OCH3 is 1. The molecule has 0 saturated heterocycles. The number of esters is 1. The van der Waals surface area contributed by atoms with Crippen LogP contribution < -0.4 is 4.74 Å². The van der Waals surface area contributed by atoms with Gasteiger partial charge in [0.15, 0.2) is 0 Å². The van der Waals surface area contributed by atoms with Crippen molar-refractivity contribution in [1.82, 2.24) is 0 Å². The number of hydrogen-bond donors (Lipinski definition) is 0. The van der Waals surface area contributed by atoms with E-state index in [0.717, 1.165) is 11.1 Å². The maximum Gasteiger partial charge on any atom is 0.321 e. The fraction of sp³-hybridized carbons (Fsp3) is 0.278. The molecule has 0 bridgehead atoms. The van der Waals surface area contributed by atoms with Crippen molar-refractivity contribution in [2.75, 3.05) is 19.0 Å². The molecule has 3 nitrogen and oxygen atoms in total. The van der Waals surface area contributed by atoms with Gasteiger partial charge in [-0.2, -0.15) is 0 Å². The summed E-state index contributed by atoms with van der Waals surface area (Å²) in [4.78, 5) is 12.8. The zero-order chi connectivity index (χ0) is 16.0. The maximum atomic E-state index is 12.8. The molecule has 2 aromatic rings. The molecule has 0 radical (unpaired) electrons. The van der Waals surface area contributed by atoms with Crippen molar-refractivity contribution < 1.29 is 14.3 Å². The SMILES string of the molecule is CCOC(=O)[C@](CBr)(c1ccccc1)c1cccc(OC)c1. The normalized spacial score (nSPS) is 13.2. The highest BCUT2D eigenvalue weighted by molar-refractivity contribution is 9.09. The maximum absolute atomic E-state index is 12.8. The summed E-state index contributed by atoms with van der Waals surface area (Å²) >= 11 is 3.52. The third kappa shape index (κ3) is 3.02. The van der Waals surface area contributed by atoms with Crippen LogP contribution in [0.1, 0.15) is 18.1 Å². The van der Waals surface area contributed by atoms with E-state index in [9.17, 15) is 4.79 Å². The quantitative estimate of drug-likeness (QED) is 0.576. The van der Waals surface area contributed by atoms with Crippen molar-refractivity contribution in [3.05, 3.63) is 65.7 Å². The second-order valence-electron chi connectivity index (χ2n) is 4.86. The fourth-order valence-corrected chi connectivity index (χ4v) is 3.35. The van der Waals surface area contributed by atoms with E-state index in [0.29, 0.717) is 17.7 Å². The average Bonchev–Trinajstić information content (AvgIpc) is 2.57. The van der Waals surface area contributed by atoms with Gasteiger partial charge < -0.3 is 9.47 Å². The summed E-state index contributed by atoms with van der Waals surface area (Å²) in [6, 6.07) is 17.2. The zero-order valence-electron chi connectivity index (χ0n) is 12.7. The molecule has 0 aromatic heterocycles. The Hall–Kier alpha value is -1.81. The van der Waals surface area contributed by atoms with Crippen LogP contribution in [0.5, 0.6) is 5.75 Å². The van der Waals surface area contributed by atoms with Crippen molar-refractivity contribution in [3.63, 3.8) is 0 Å². The Labute approximate surface area is 139 Å². The van der Waals surface area contributed by atoms with Gasteiger partial charge in [0.2, 0.25) is 0 Å². The van der Waals surface area contributed by atoms with Crippen LogP contribution in [0.3, 0.4) is 0 Å². The first-order valence-electron chi connectivity index (χ1n) is 7.12. The van der Waals surface area contributed by atoms with E-state index >= 15 is 0 Å². The summed E-state index contributed by atoms with van der Waals surface area (Å²) in [6.45, 7) is 2.15. The molecular formula is C18H19BrO3. The lowest BCUT2D eigenvalue weighted by atomic mass is 9.76. The summed E-state index contributed by atoms with van der Waals surface area (Å²) in [5, 5.41) is 0.427. The number of carbonyl (C=O) groups excluding carboxylic acids is 1. The Morgan fingerprint density at radius 2 is 1.77 bits per heavy atom. The molecule has 0 unspecified atom stereocenters. The Bertz CT molecular complexity index is 627. The number of ether oxygens (including phenoxy) is 2. The molecule has 2 rings (SSSR count). The monoisotopic (exact) mass is 362 g/mol. The standard InChI is InChI=1S/C18H19BrO3/c1-3-22-17(20)18(13-19,14-8-5-4-6-9-14)15-10-7-11-16(12-15)21-2/h4-12H,3,13H2,1-2H3/t18-/m1/s1. The molecular weight excluding hydrogens is 344 g/mol. The van der Waals surface area contributed by atoms with Crippen LogP contribution in [0.25, 0.3) is 0 Å². The number of hydrogen-bond acceptors (Lipinski definition) is 3. The predicted octanol–water partition coefficient (Wildman–Crippen LogP) is 3.94. The van der Waals surface area contributed by atoms with Crippen molar-refractivity contribution in [3.8, 4) is 5.75 Å². The number of halogens is 1. The number of rotatable bonds is 6. The molecule has 0 fully saturated rings. The topological polar surface area (TPSA) is 35.5 Å². The van der Waals surface area contributed by atoms with Crippen LogP contribution in [0, 0.1) is 0 Å². The zero-order valence-corrected chi connectivity index (χ0v) is 14.3. The lowest BCUT2D eigenvalue weighted by molar-refractivity contribution is -0.147. The van der Waals surface area contributed by atoms with Crippen molar-refractivity contribution in [2.24, 2.45) is 0 Å². The largest absolute Gasteiger partial charge is 0.497 e. The molecule has 0 spiro atoms. The van der Waals surface area contributed by atoms with E-state index in [1.165, 1.54) is 0 Å². The lowest BCUT2D eigenvalue weighted by Gasteiger charge is -2.31. The third-order valence-electron chi connectivity index (χ3n) is 3.65. The van der Waals surface area contributed by atoms with E-state index in [2.05, 4.69) is 15.9 Å². The highest BCUT2D eigenvalue weighted by atomic mass is 79.9. The fourth-order valence-electron chi connectivity index (χ4n) is 2.48. The molecule has 1 atom stereocenters. The first-order valence-corrected chi connectivity index (χ1v) is 8.24. The molecule has 116 valence electrons. The van der Waals surface area contributed by atoms with E-state index < -0.39 is 5.41 Å². The minimum absolute atomic E-state index is 0.272. The second-order valence-corrected chi connectivity index (χ2v) is 5.42. The van der Waals surface area contributed by atoms with Crippen LogP contribution >= 0.6 is 15.9 Å². The molecule has 0 N–H and O–H groups in total. The van der Waals surface area contributed by atoms with Gasteiger partial charge in [-0.3, -0.25) is 4.79 Å². The Morgan fingerprint density at radius 1 is 1.09 bits per heavy atom. The van der Waals surface area contributed by atoms with Gasteiger partial charge in [0, 0.05) is 5.33 Å². The molecule has 0 saturated carbocycles. The highest BCUT2D eigenvalue weighted by Crippen LogP contribution is 2.37. The molecule has 0 aliphatic carbocycles. The summed E-state index contributed by atoms with van der Waals surface area (Å²) < 4.78 is 10.7. The van der Waals surface area contributed by atoms with E-state index in [-0.39, 0.29) is 5.97 Å². The summed E-state index contributed by atoms with van der Waals surface area (Å²) in [5.41, 5.74) is 0.832. The third-order valence-corrected chi connectivity index (χ3v) is 4.49. The van der Waals surface area contributed by atoms with Gasteiger partial charge in [-0.05, 0) is 30.2 Å². The van der Waals surface area contributed by atoms with Gasteiger partial charge in [0.25, 0.3) is 0 Å². The van der Waals surface area contributed by atoms with Crippen LogP contribution in [-0.2, 0) is 14.9 Å². The Morgan fingerprint density at radius 3 is 2.36 bits per heavy atom. The number of alkyl halides is 1. The lowest BCUT2D eigenvalue weighted by Crippen LogP contribution is -2.40. The minimum atomic E-state index is -0.897. The van der Waals surface area contributed by atoms with Gasteiger partial charge in [-0.15, -0.1) is 0 Å². The summed E-state index contributed by atoms with van der Waals surface area (Å²) in [7, 11) is 1.61.